The van der Waals surface area contributed by atoms with Crippen molar-refractivity contribution in [2.75, 3.05) is 13.6 Å². The van der Waals surface area contributed by atoms with Gasteiger partial charge in [0.15, 0.2) is 5.96 Å². The summed E-state index contributed by atoms with van der Waals surface area (Å²) in [6.07, 6.45) is 5.26. The second-order valence-electron chi connectivity index (χ2n) is 5.71. The highest BCUT2D eigenvalue weighted by Gasteiger charge is 2.07. The molecule has 1 aromatic heterocycles. The van der Waals surface area contributed by atoms with Gasteiger partial charge in [-0.15, -0.1) is 24.0 Å². The number of aliphatic imine (C=N–C) groups is 1. The van der Waals surface area contributed by atoms with Crippen molar-refractivity contribution in [3.05, 3.63) is 35.5 Å². The molecule has 0 bridgehead atoms. The molecule has 0 aliphatic heterocycles. The lowest BCUT2D eigenvalue weighted by Crippen LogP contribution is -2.42. The quantitative estimate of drug-likeness (QED) is 0.372. The van der Waals surface area contributed by atoms with Crippen molar-refractivity contribution in [3.63, 3.8) is 0 Å². The molecule has 5 heteroatoms. The molecule has 1 atom stereocenters. The lowest BCUT2D eigenvalue weighted by molar-refractivity contribution is 0.624. The number of nitrogens with zero attached hydrogens (tertiary/aromatic N) is 1. The zero-order chi connectivity index (χ0) is 15.9. The molecule has 3 N–H and O–H groups in total. The number of hydrogen-bond acceptors (Lipinski definition) is 1. The van der Waals surface area contributed by atoms with Gasteiger partial charge < -0.3 is 15.6 Å². The number of para-hydroxylation sites is 1. The van der Waals surface area contributed by atoms with E-state index in [1.807, 2.05) is 7.05 Å². The van der Waals surface area contributed by atoms with E-state index in [1.165, 1.54) is 22.0 Å². The summed E-state index contributed by atoms with van der Waals surface area (Å²) in [6, 6.07) is 6.98. The predicted molar refractivity (Wildman–Crippen MR) is 111 cm³/mol. The highest BCUT2D eigenvalue weighted by Crippen LogP contribution is 2.22. The molecule has 4 nitrogen and oxygen atoms in total. The van der Waals surface area contributed by atoms with E-state index >= 15 is 0 Å². The van der Waals surface area contributed by atoms with E-state index < -0.39 is 0 Å². The summed E-state index contributed by atoms with van der Waals surface area (Å²) in [4.78, 5) is 7.70. The van der Waals surface area contributed by atoms with Crippen LogP contribution in [0.25, 0.3) is 10.9 Å². The molecule has 1 aromatic carbocycles. The number of guanidine groups is 1. The number of halogens is 1. The lowest BCUT2D eigenvalue weighted by Gasteiger charge is -2.16. The zero-order valence-electron chi connectivity index (χ0n) is 14.6. The minimum atomic E-state index is 0. The molecule has 0 saturated heterocycles. The second kappa shape index (κ2) is 9.80. The number of hydrogen-bond donors (Lipinski definition) is 3. The number of aromatic amines is 1. The summed E-state index contributed by atoms with van der Waals surface area (Å²) in [6.45, 7) is 7.40. The average Bonchev–Trinajstić information content (AvgIpc) is 2.96. The van der Waals surface area contributed by atoms with E-state index in [2.05, 4.69) is 65.8 Å². The van der Waals surface area contributed by atoms with Crippen LogP contribution < -0.4 is 10.6 Å². The van der Waals surface area contributed by atoms with Gasteiger partial charge in [-0.2, -0.15) is 0 Å². The number of nitrogens with one attached hydrogen (secondary N) is 3. The van der Waals surface area contributed by atoms with Crippen molar-refractivity contribution in [1.82, 2.24) is 15.6 Å². The molecular weight excluding hydrogens is 399 g/mol. The Kier molecular flexibility index (Phi) is 8.44. The Bertz CT molecular complexity index is 633. The second-order valence-corrected chi connectivity index (χ2v) is 5.71. The fraction of sp³-hybridized carbons (Fsp3) is 0.500. The maximum Gasteiger partial charge on any atom is 0.191 e. The predicted octanol–water partition coefficient (Wildman–Crippen LogP) is 3.85. The molecule has 0 saturated carbocycles. The van der Waals surface area contributed by atoms with Crippen molar-refractivity contribution in [2.45, 2.75) is 46.1 Å². The number of H-pyrrole nitrogens is 1. The summed E-state index contributed by atoms with van der Waals surface area (Å²) in [7, 11) is 1.82. The third-order valence-corrected chi connectivity index (χ3v) is 4.17. The first kappa shape index (κ1) is 19.8. The topological polar surface area (TPSA) is 52.2 Å². The Labute approximate surface area is 156 Å². The summed E-state index contributed by atoms with van der Waals surface area (Å²) < 4.78 is 0. The van der Waals surface area contributed by atoms with Gasteiger partial charge in [0.1, 0.15) is 0 Å². The van der Waals surface area contributed by atoms with Crippen molar-refractivity contribution in [1.29, 1.82) is 0 Å². The highest BCUT2D eigenvalue weighted by molar-refractivity contribution is 14.0. The maximum atomic E-state index is 4.27. The highest BCUT2D eigenvalue weighted by atomic mass is 127. The van der Waals surface area contributed by atoms with Crippen LogP contribution in [0.4, 0.5) is 0 Å². The van der Waals surface area contributed by atoms with Crippen molar-refractivity contribution in [3.8, 4) is 0 Å². The molecule has 2 aromatic rings. The molecule has 1 heterocycles. The zero-order valence-corrected chi connectivity index (χ0v) is 16.9. The summed E-state index contributed by atoms with van der Waals surface area (Å²) in [5.41, 5.74) is 4.02. The van der Waals surface area contributed by atoms with Crippen LogP contribution in [-0.2, 0) is 12.8 Å². The Balaban J connectivity index is 0.00000264. The molecule has 0 amide bonds. The maximum absolute atomic E-state index is 4.27. The van der Waals surface area contributed by atoms with Gasteiger partial charge in [0, 0.05) is 36.7 Å². The first-order chi connectivity index (χ1) is 10.7. The van der Waals surface area contributed by atoms with Gasteiger partial charge in [-0.25, -0.2) is 0 Å². The molecule has 0 aliphatic rings. The van der Waals surface area contributed by atoms with E-state index in [0.29, 0.717) is 6.04 Å². The number of aromatic nitrogens is 1. The van der Waals surface area contributed by atoms with Crippen molar-refractivity contribution < 1.29 is 0 Å². The largest absolute Gasteiger partial charge is 0.361 e. The Hall–Kier alpha value is -1.24. The van der Waals surface area contributed by atoms with E-state index in [9.17, 15) is 0 Å². The van der Waals surface area contributed by atoms with Gasteiger partial charge in [0.2, 0.25) is 0 Å². The number of fused-ring (bicyclic) bond motifs is 1. The van der Waals surface area contributed by atoms with E-state index in [4.69, 9.17) is 0 Å². The summed E-state index contributed by atoms with van der Waals surface area (Å²) in [5, 5.41) is 8.11. The van der Waals surface area contributed by atoms with E-state index in [-0.39, 0.29) is 24.0 Å². The minimum Gasteiger partial charge on any atom is -0.361 e. The third-order valence-electron chi connectivity index (χ3n) is 4.17. The molecular formula is C18H29IN4. The lowest BCUT2D eigenvalue weighted by atomic mass is 10.1. The van der Waals surface area contributed by atoms with Gasteiger partial charge in [-0.05, 0) is 37.3 Å². The monoisotopic (exact) mass is 428 g/mol. The van der Waals surface area contributed by atoms with Gasteiger partial charge in [-0.1, -0.05) is 32.0 Å². The van der Waals surface area contributed by atoms with Crippen LogP contribution in [0.15, 0.2) is 29.4 Å². The molecule has 0 radical (unpaired) electrons. The molecule has 2 rings (SSSR count). The van der Waals surface area contributed by atoms with E-state index in [1.54, 1.807) is 0 Å². The first-order valence-electron chi connectivity index (χ1n) is 8.24. The van der Waals surface area contributed by atoms with Gasteiger partial charge >= 0.3 is 0 Å². The third kappa shape index (κ3) is 5.12. The number of benzene rings is 1. The van der Waals surface area contributed by atoms with Crippen LogP contribution in [-0.4, -0.2) is 30.6 Å². The van der Waals surface area contributed by atoms with Crippen LogP contribution in [0.5, 0.6) is 0 Å². The smallest absolute Gasteiger partial charge is 0.191 e. The van der Waals surface area contributed by atoms with Gasteiger partial charge in [-0.3, -0.25) is 4.99 Å². The average molecular weight is 428 g/mol. The number of aryl methyl sites for hydroxylation is 1. The normalized spacial score (nSPS) is 12.8. The van der Waals surface area contributed by atoms with Crippen LogP contribution in [0.3, 0.4) is 0 Å². The Morgan fingerprint density at radius 2 is 2.04 bits per heavy atom. The fourth-order valence-corrected chi connectivity index (χ4v) is 2.62. The van der Waals surface area contributed by atoms with Crippen LogP contribution in [0.2, 0.25) is 0 Å². The Morgan fingerprint density at radius 1 is 1.26 bits per heavy atom. The minimum absolute atomic E-state index is 0. The van der Waals surface area contributed by atoms with E-state index in [0.717, 1.165) is 31.8 Å². The van der Waals surface area contributed by atoms with Crippen molar-refractivity contribution in [2.24, 2.45) is 4.99 Å². The molecule has 0 spiro atoms. The van der Waals surface area contributed by atoms with Crippen LogP contribution >= 0.6 is 24.0 Å². The van der Waals surface area contributed by atoms with Crippen molar-refractivity contribution >= 4 is 40.8 Å². The molecule has 128 valence electrons. The van der Waals surface area contributed by atoms with Gasteiger partial charge in [0.05, 0.1) is 0 Å². The summed E-state index contributed by atoms with van der Waals surface area (Å²) >= 11 is 0. The standard InChI is InChI=1S/C18H28N4.HI/c1-5-13(3)22-18(19-4)20-11-10-15-12-21-17-14(6-2)8-7-9-16(15)17;/h7-9,12-13,21H,5-6,10-11H2,1-4H3,(H2,19,20,22);1H. The molecule has 0 aliphatic carbocycles. The SMILES string of the molecule is CCc1cccc2c(CCNC(=NC)NC(C)CC)c[nH]c12.I. The van der Waals surface area contributed by atoms with Crippen LogP contribution in [0, 0.1) is 0 Å². The molecule has 23 heavy (non-hydrogen) atoms. The number of rotatable bonds is 6. The summed E-state index contributed by atoms with van der Waals surface area (Å²) in [5.74, 6) is 0.878. The first-order valence-corrected chi connectivity index (χ1v) is 8.24. The van der Waals surface area contributed by atoms with Crippen LogP contribution in [0.1, 0.15) is 38.3 Å². The molecule has 1 unspecified atom stereocenters. The fourth-order valence-electron chi connectivity index (χ4n) is 2.62. The Morgan fingerprint density at radius 3 is 2.70 bits per heavy atom. The van der Waals surface area contributed by atoms with Gasteiger partial charge in [0.25, 0.3) is 0 Å². The molecule has 0 fully saturated rings.